The number of hydrogen-bond acceptors (Lipinski definition) is 3. The van der Waals surface area contributed by atoms with Crippen LogP contribution in [0.25, 0.3) is 11.4 Å². The van der Waals surface area contributed by atoms with E-state index in [-0.39, 0.29) is 24.5 Å². The molecule has 1 N–H and O–H groups in total. The molecule has 0 radical (unpaired) electrons. The summed E-state index contributed by atoms with van der Waals surface area (Å²) in [7, 11) is 0. The van der Waals surface area contributed by atoms with Gasteiger partial charge in [-0.25, -0.2) is 9.37 Å². The summed E-state index contributed by atoms with van der Waals surface area (Å²) in [5.41, 5.74) is -1.20. The SMILES string of the molecule is O=c1[nH]c(-c2ccc(C(F)(F)F)cc2)nc2c1CN(Cc1cc(F)cc(C(F)(F)F)c1)CC2. The second-order valence-corrected chi connectivity index (χ2v) is 7.72. The van der Waals surface area contributed by atoms with Gasteiger partial charge in [0.1, 0.15) is 11.6 Å². The molecule has 0 atom stereocenters. The minimum Gasteiger partial charge on any atom is -0.306 e. The molecule has 3 aromatic rings. The molecule has 1 aromatic heterocycles. The summed E-state index contributed by atoms with van der Waals surface area (Å²) >= 11 is 0. The van der Waals surface area contributed by atoms with Gasteiger partial charge in [0.25, 0.3) is 5.56 Å². The Labute approximate surface area is 182 Å². The molecule has 0 amide bonds. The number of aromatic nitrogens is 2. The molecule has 0 unspecified atom stereocenters. The standard InChI is InChI=1S/C22H16F7N3O/c23-16-8-12(7-15(9-16)22(27,28)29)10-32-6-5-18-17(11-32)20(33)31-19(30-18)13-1-3-14(4-2-13)21(24,25)26/h1-4,7-9H,5-6,10-11H2,(H,30,31,33). The van der Waals surface area contributed by atoms with Crippen molar-refractivity contribution in [3.63, 3.8) is 0 Å². The van der Waals surface area contributed by atoms with Gasteiger partial charge >= 0.3 is 12.4 Å². The average molecular weight is 471 g/mol. The van der Waals surface area contributed by atoms with Crippen molar-refractivity contribution in [2.45, 2.75) is 31.9 Å². The van der Waals surface area contributed by atoms with Crippen LogP contribution in [0.2, 0.25) is 0 Å². The normalized spacial score (nSPS) is 14.9. The fourth-order valence-corrected chi connectivity index (χ4v) is 3.73. The summed E-state index contributed by atoms with van der Waals surface area (Å²) in [6.45, 7) is 0.441. The van der Waals surface area contributed by atoms with Crippen LogP contribution in [0, 0.1) is 5.82 Å². The fraction of sp³-hybridized carbons (Fsp3) is 0.273. The van der Waals surface area contributed by atoms with E-state index in [1.54, 1.807) is 4.90 Å². The maximum atomic E-state index is 13.7. The van der Waals surface area contributed by atoms with Gasteiger partial charge in [-0.15, -0.1) is 0 Å². The maximum absolute atomic E-state index is 13.7. The van der Waals surface area contributed by atoms with Crippen LogP contribution >= 0.6 is 0 Å². The minimum atomic E-state index is -4.68. The van der Waals surface area contributed by atoms with Gasteiger partial charge in [0.05, 0.1) is 22.4 Å². The molecular weight excluding hydrogens is 455 g/mol. The van der Waals surface area contributed by atoms with Crippen LogP contribution in [0.15, 0.2) is 47.3 Å². The van der Waals surface area contributed by atoms with Crippen LogP contribution in [0.4, 0.5) is 30.7 Å². The predicted octanol–water partition coefficient (Wildman–Crippen LogP) is 5.17. The van der Waals surface area contributed by atoms with E-state index in [1.807, 2.05) is 0 Å². The molecule has 0 saturated carbocycles. The first kappa shape index (κ1) is 23.0. The van der Waals surface area contributed by atoms with E-state index in [4.69, 9.17) is 0 Å². The first-order valence-corrected chi connectivity index (χ1v) is 9.79. The van der Waals surface area contributed by atoms with Crippen LogP contribution < -0.4 is 5.56 Å². The molecule has 0 fully saturated rings. The molecule has 33 heavy (non-hydrogen) atoms. The van der Waals surface area contributed by atoms with Crippen molar-refractivity contribution < 1.29 is 30.7 Å². The zero-order valence-electron chi connectivity index (χ0n) is 16.8. The topological polar surface area (TPSA) is 49.0 Å². The van der Waals surface area contributed by atoms with Gasteiger partial charge in [-0.1, -0.05) is 12.1 Å². The molecule has 0 saturated heterocycles. The summed E-state index contributed by atoms with van der Waals surface area (Å²) < 4.78 is 90.8. The maximum Gasteiger partial charge on any atom is 0.416 e. The zero-order valence-corrected chi connectivity index (χ0v) is 16.8. The number of nitrogens with zero attached hydrogens (tertiary/aromatic N) is 2. The zero-order chi connectivity index (χ0) is 24.0. The Hall–Kier alpha value is -3.21. The van der Waals surface area contributed by atoms with Crippen molar-refractivity contribution in [2.24, 2.45) is 0 Å². The van der Waals surface area contributed by atoms with Gasteiger partial charge in [0.15, 0.2) is 0 Å². The number of benzene rings is 2. The summed E-state index contributed by atoms with van der Waals surface area (Å²) in [6.07, 6.45) is -8.86. The molecule has 4 nitrogen and oxygen atoms in total. The van der Waals surface area contributed by atoms with Gasteiger partial charge < -0.3 is 4.98 Å². The molecule has 2 aromatic carbocycles. The van der Waals surface area contributed by atoms with E-state index in [0.29, 0.717) is 35.9 Å². The van der Waals surface area contributed by atoms with E-state index in [2.05, 4.69) is 9.97 Å². The molecule has 1 aliphatic heterocycles. The molecule has 0 aliphatic carbocycles. The minimum absolute atomic E-state index is 0.000373. The highest BCUT2D eigenvalue weighted by Crippen LogP contribution is 2.32. The lowest BCUT2D eigenvalue weighted by molar-refractivity contribution is -0.138. The van der Waals surface area contributed by atoms with Crippen LogP contribution in [0.1, 0.15) is 27.9 Å². The smallest absolute Gasteiger partial charge is 0.306 e. The Balaban J connectivity index is 1.55. The molecule has 11 heteroatoms. The van der Waals surface area contributed by atoms with Crippen LogP contribution in [-0.4, -0.2) is 21.4 Å². The van der Waals surface area contributed by atoms with Crippen molar-refractivity contribution >= 4 is 0 Å². The molecule has 174 valence electrons. The Bertz CT molecular complexity index is 1230. The summed E-state index contributed by atoms with van der Waals surface area (Å²) in [5, 5.41) is 0. The van der Waals surface area contributed by atoms with E-state index in [1.165, 1.54) is 12.1 Å². The number of fused-ring (bicyclic) bond motifs is 1. The highest BCUT2D eigenvalue weighted by atomic mass is 19.4. The third kappa shape index (κ3) is 5.08. The number of H-pyrrole nitrogens is 1. The molecular formula is C22H16F7N3O. The molecule has 2 heterocycles. The monoisotopic (exact) mass is 471 g/mol. The Kier molecular flexibility index (Phi) is 5.77. The van der Waals surface area contributed by atoms with Crippen molar-refractivity contribution in [3.8, 4) is 11.4 Å². The molecule has 0 spiro atoms. The lowest BCUT2D eigenvalue weighted by Gasteiger charge is -2.28. The van der Waals surface area contributed by atoms with Crippen molar-refractivity contribution in [1.29, 1.82) is 0 Å². The van der Waals surface area contributed by atoms with Gasteiger partial charge in [-0.3, -0.25) is 9.69 Å². The third-order valence-electron chi connectivity index (χ3n) is 5.32. The largest absolute Gasteiger partial charge is 0.416 e. The lowest BCUT2D eigenvalue weighted by Crippen LogP contribution is -2.35. The Morgan fingerprint density at radius 1 is 0.939 bits per heavy atom. The van der Waals surface area contributed by atoms with Gasteiger partial charge in [-0.2, -0.15) is 26.3 Å². The average Bonchev–Trinajstić information content (AvgIpc) is 2.72. The molecule has 1 aliphatic rings. The van der Waals surface area contributed by atoms with Crippen molar-refractivity contribution in [1.82, 2.24) is 14.9 Å². The summed E-state index contributed by atoms with van der Waals surface area (Å²) in [5.74, 6) is -0.876. The number of alkyl halides is 6. The van der Waals surface area contributed by atoms with Gasteiger partial charge in [0.2, 0.25) is 0 Å². The quantitative estimate of drug-likeness (QED) is 0.537. The Morgan fingerprint density at radius 2 is 1.61 bits per heavy atom. The van der Waals surface area contributed by atoms with E-state index >= 15 is 0 Å². The first-order chi connectivity index (χ1) is 15.4. The lowest BCUT2D eigenvalue weighted by atomic mass is 10.0. The number of hydrogen-bond donors (Lipinski definition) is 1. The van der Waals surface area contributed by atoms with Crippen LogP contribution in [0.5, 0.6) is 0 Å². The fourth-order valence-electron chi connectivity index (χ4n) is 3.73. The molecule has 0 bridgehead atoms. The van der Waals surface area contributed by atoms with E-state index in [9.17, 15) is 35.5 Å². The summed E-state index contributed by atoms with van der Waals surface area (Å²) in [6, 6.07) is 6.52. The predicted molar refractivity (Wildman–Crippen MR) is 105 cm³/mol. The van der Waals surface area contributed by atoms with Crippen molar-refractivity contribution in [3.05, 3.63) is 86.6 Å². The Morgan fingerprint density at radius 3 is 2.24 bits per heavy atom. The van der Waals surface area contributed by atoms with Crippen molar-refractivity contribution in [2.75, 3.05) is 6.54 Å². The first-order valence-electron chi connectivity index (χ1n) is 9.79. The number of rotatable bonds is 3. The highest BCUT2D eigenvalue weighted by Gasteiger charge is 2.32. The number of nitrogens with one attached hydrogen (secondary N) is 1. The van der Waals surface area contributed by atoms with E-state index in [0.717, 1.165) is 24.3 Å². The number of halogens is 7. The van der Waals surface area contributed by atoms with Crippen LogP contribution in [0.3, 0.4) is 0 Å². The number of aromatic amines is 1. The van der Waals surface area contributed by atoms with Gasteiger partial charge in [-0.05, 0) is 35.9 Å². The highest BCUT2D eigenvalue weighted by molar-refractivity contribution is 5.56. The second-order valence-electron chi connectivity index (χ2n) is 7.72. The summed E-state index contributed by atoms with van der Waals surface area (Å²) in [4.78, 5) is 21.2. The third-order valence-corrected chi connectivity index (χ3v) is 5.32. The molecule has 4 rings (SSSR count). The van der Waals surface area contributed by atoms with Gasteiger partial charge in [0, 0.05) is 31.6 Å². The second kappa shape index (κ2) is 8.29. The van der Waals surface area contributed by atoms with Crippen LogP contribution in [-0.2, 0) is 31.9 Å². The van der Waals surface area contributed by atoms with E-state index < -0.39 is 34.9 Å².